The van der Waals surface area contributed by atoms with Gasteiger partial charge in [-0.15, -0.1) is 6.42 Å². The maximum absolute atomic E-state index is 8.85. The first-order chi connectivity index (χ1) is 6.10. The average Bonchev–Trinajstić information content (AvgIpc) is 2.18. The van der Waals surface area contributed by atoms with E-state index in [2.05, 4.69) is 5.92 Å². The number of aliphatic hydroxyl groups is 1. The summed E-state index contributed by atoms with van der Waals surface area (Å²) in [6.07, 6.45) is 5.41. The summed E-state index contributed by atoms with van der Waals surface area (Å²) in [6.45, 7) is 4.08. The van der Waals surface area contributed by atoms with Crippen LogP contribution >= 0.6 is 0 Å². The summed E-state index contributed by atoms with van der Waals surface area (Å²) in [4.78, 5) is 0. The molecule has 0 radical (unpaired) electrons. The molecular weight excluding hydrogens is 160 g/mol. The van der Waals surface area contributed by atoms with Crippen molar-refractivity contribution in [2.75, 3.05) is 0 Å². The van der Waals surface area contributed by atoms with E-state index in [0.717, 1.165) is 11.1 Å². The SMILES string of the molecule is C#CC(C)(C)c1ccc(CO)cc1. The monoisotopic (exact) mass is 174 g/mol. The summed E-state index contributed by atoms with van der Waals surface area (Å²) in [5.74, 6) is 2.73. The molecule has 0 amide bonds. The number of hydrogen-bond donors (Lipinski definition) is 1. The van der Waals surface area contributed by atoms with Gasteiger partial charge in [0.1, 0.15) is 0 Å². The molecule has 1 rings (SSSR count). The van der Waals surface area contributed by atoms with Crippen LogP contribution in [-0.4, -0.2) is 5.11 Å². The van der Waals surface area contributed by atoms with E-state index in [-0.39, 0.29) is 12.0 Å². The Kier molecular flexibility index (Phi) is 2.75. The highest BCUT2D eigenvalue weighted by molar-refractivity contribution is 5.33. The normalized spacial score (nSPS) is 10.9. The molecule has 0 fully saturated rings. The van der Waals surface area contributed by atoms with Gasteiger partial charge in [0.15, 0.2) is 0 Å². The first kappa shape index (κ1) is 9.83. The Hall–Kier alpha value is -1.26. The van der Waals surface area contributed by atoms with Gasteiger partial charge < -0.3 is 5.11 Å². The lowest BCUT2D eigenvalue weighted by atomic mass is 9.85. The third kappa shape index (κ3) is 2.11. The Labute approximate surface area is 79.4 Å². The molecule has 1 N–H and O–H groups in total. The highest BCUT2D eigenvalue weighted by Crippen LogP contribution is 2.22. The molecule has 1 nitrogen and oxygen atoms in total. The van der Waals surface area contributed by atoms with Crippen LogP contribution in [0, 0.1) is 12.3 Å². The Balaban J connectivity index is 3.00. The number of rotatable bonds is 2. The van der Waals surface area contributed by atoms with E-state index < -0.39 is 0 Å². The lowest BCUT2D eigenvalue weighted by Gasteiger charge is -2.17. The van der Waals surface area contributed by atoms with Gasteiger partial charge in [-0.25, -0.2) is 0 Å². The zero-order valence-corrected chi connectivity index (χ0v) is 8.04. The van der Waals surface area contributed by atoms with Crippen LogP contribution in [0.15, 0.2) is 24.3 Å². The molecular formula is C12H14O. The Morgan fingerprint density at radius 1 is 1.31 bits per heavy atom. The van der Waals surface area contributed by atoms with Gasteiger partial charge in [0.25, 0.3) is 0 Å². The Morgan fingerprint density at radius 3 is 2.23 bits per heavy atom. The molecule has 0 saturated heterocycles. The van der Waals surface area contributed by atoms with Crippen LogP contribution in [0.1, 0.15) is 25.0 Å². The summed E-state index contributed by atoms with van der Waals surface area (Å²) < 4.78 is 0. The summed E-state index contributed by atoms with van der Waals surface area (Å²) in [5, 5.41) is 8.85. The molecule has 13 heavy (non-hydrogen) atoms. The minimum Gasteiger partial charge on any atom is -0.392 e. The molecule has 0 atom stereocenters. The van der Waals surface area contributed by atoms with E-state index in [9.17, 15) is 0 Å². The van der Waals surface area contributed by atoms with Gasteiger partial charge in [0.05, 0.1) is 12.0 Å². The second kappa shape index (κ2) is 3.64. The molecule has 1 aromatic rings. The molecule has 0 aliphatic rings. The van der Waals surface area contributed by atoms with Crippen molar-refractivity contribution >= 4 is 0 Å². The van der Waals surface area contributed by atoms with Crippen molar-refractivity contribution in [1.29, 1.82) is 0 Å². The number of aliphatic hydroxyl groups excluding tert-OH is 1. The zero-order valence-electron chi connectivity index (χ0n) is 8.04. The van der Waals surface area contributed by atoms with Crippen LogP contribution in [0.2, 0.25) is 0 Å². The number of benzene rings is 1. The summed E-state index contributed by atoms with van der Waals surface area (Å²) >= 11 is 0. The molecule has 0 saturated carbocycles. The number of terminal acetylenes is 1. The molecule has 0 unspecified atom stereocenters. The van der Waals surface area contributed by atoms with Crippen molar-refractivity contribution in [2.45, 2.75) is 25.9 Å². The molecule has 0 spiro atoms. The van der Waals surface area contributed by atoms with Crippen LogP contribution in [0.3, 0.4) is 0 Å². The summed E-state index contributed by atoms with van der Waals surface area (Å²) in [7, 11) is 0. The molecule has 0 aromatic heterocycles. The van der Waals surface area contributed by atoms with Crippen LogP contribution in [0.4, 0.5) is 0 Å². The second-order valence-corrected chi connectivity index (χ2v) is 3.62. The van der Waals surface area contributed by atoms with Crippen LogP contribution < -0.4 is 0 Å². The van der Waals surface area contributed by atoms with E-state index in [0.29, 0.717) is 0 Å². The van der Waals surface area contributed by atoms with E-state index in [1.54, 1.807) is 0 Å². The fourth-order valence-corrected chi connectivity index (χ4v) is 1.11. The topological polar surface area (TPSA) is 20.2 Å². The standard InChI is InChI=1S/C12H14O/c1-4-12(2,3)11-7-5-10(9-13)6-8-11/h1,5-8,13H,9H2,2-3H3. The van der Waals surface area contributed by atoms with Crippen molar-refractivity contribution < 1.29 is 5.11 Å². The number of hydrogen-bond acceptors (Lipinski definition) is 1. The predicted molar refractivity (Wildman–Crippen MR) is 54.2 cm³/mol. The first-order valence-corrected chi connectivity index (χ1v) is 4.28. The summed E-state index contributed by atoms with van der Waals surface area (Å²) in [6, 6.07) is 7.72. The van der Waals surface area contributed by atoms with Gasteiger partial charge in [-0.2, -0.15) is 0 Å². The summed E-state index contributed by atoms with van der Waals surface area (Å²) in [5.41, 5.74) is 1.79. The zero-order chi connectivity index (χ0) is 9.90. The van der Waals surface area contributed by atoms with Crippen molar-refractivity contribution in [2.24, 2.45) is 0 Å². The molecule has 0 aliphatic heterocycles. The molecule has 0 aliphatic carbocycles. The largest absolute Gasteiger partial charge is 0.392 e. The minimum absolute atomic E-state index is 0.0801. The van der Waals surface area contributed by atoms with E-state index >= 15 is 0 Å². The molecule has 1 heteroatoms. The third-order valence-electron chi connectivity index (χ3n) is 2.22. The molecule has 68 valence electrons. The lowest BCUT2D eigenvalue weighted by molar-refractivity contribution is 0.282. The molecule has 0 bridgehead atoms. The van der Waals surface area contributed by atoms with Gasteiger partial charge in [-0.05, 0) is 25.0 Å². The van der Waals surface area contributed by atoms with Gasteiger partial charge in [-0.1, -0.05) is 30.2 Å². The van der Waals surface area contributed by atoms with Gasteiger partial charge in [0, 0.05) is 0 Å². The van der Waals surface area contributed by atoms with Gasteiger partial charge >= 0.3 is 0 Å². The van der Waals surface area contributed by atoms with Crippen molar-refractivity contribution in [3.8, 4) is 12.3 Å². The van der Waals surface area contributed by atoms with Crippen molar-refractivity contribution in [1.82, 2.24) is 0 Å². The maximum atomic E-state index is 8.85. The Bertz CT molecular complexity index is 314. The van der Waals surface area contributed by atoms with Gasteiger partial charge in [-0.3, -0.25) is 0 Å². The maximum Gasteiger partial charge on any atom is 0.0681 e. The lowest BCUT2D eigenvalue weighted by Crippen LogP contribution is -2.13. The first-order valence-electron chi connectivity index (χ1n) is 4.28. The van der Waals surface area contributed by atoms with Crippen LogP contribution in [-0.2, 0) is 12.0 Å². The van der Waals surface area contributed by atoms with Gasteiger partial charge in [0.2, 0.25) is 0 Å². The third-order valence-corrected chi connectivity index (χ3v) is 2.22. The Morgan fingerprint density at radius 2 is 1.85 bits per heavy atom. The predicted octanol–water partition coefficient (Wildman–Crippen LogP) is 2.09. The fraction of sp³-hybridized carbons (Fsp3) is 0.333. The smallest absolute Gasteiger partial charge is 0.0681 e. The minimum atomic E-state index is -0.228. The average molecular weight is 174 g/mol. The second-order valence-electron chi connectivity index (χ2n) is 3.62. The molecule has 0 heterocycles. The quantitative estimate of drug-likeness (QED) is 0.681. The van der Waals surface area contributed by atoms with Crippen LogP contribution in [0.5, 0.6) is 0 Å². The highest BCUT2D eigenvalue weighted by atomic mass is 16.3. The fourth-order valence-electron chi connectivity index (χ4n) is 1.11. The highest BCUT2D eigenvalue weighted by Gasteiger charge is 2.16. The van der Waals surface area contributed by atoms with E-state index in [4.69, 9.17) is 11.5 Å². The van der Waals surface area contributed by atoms with E-state index in [1.165, 1.54) is 0 Å². The van der Waals surface area contributed by atoms with Crippen molar-refractivity contribution in [3.63, 3.8) is 0 Å². The van der Waals surface area contributed by atoms with Crippen LogP contribution in [0.25, 0.3) is 0 Å². The molecule has 1 aromatic carbocycles. The van der Waals surface area contributed by atoms with Crippen molar-refractivity contribution in [3.05, 3.63) is 35.4 Å². The van der Waals surface area contributed by atoms with E-state index in [1.807, 2.05) is 38.1 Å².